The molecule has 0 amide bonds. The van der Waals surface area contributed by atoms with Crippen molar-refractivity contribution in [2.75, 3.05) is 13.7 Å². The molecule has 0 aliphatic heterocycles. The van der Waals surface area contributed by atoms with E-state index >= 15 is 0 Å². The van der Waals surface area contributed by atoms with Crippen LogP contribution in [0.2, 0.25) is 18.1 Å². The van der Waals surface area contributed by atoms with Gasteiger partial charge in [0.15, 0.2) is 8.32 Å². The van der Waals surface area contributed by atoms with Crippen molar-refractivity contribution < 1.29 is 27.8 Å². The Morgan fingerprint density at radius 3 is 2.33 bits per heavy atom. The maximum absolute atomic E-state index is 14.4. The molecule has 0 aliphatic rings. The number of aryl methyl sites for hydroxylation is 1. The third-order valence-electron chi connectivity index (χ3n) is 6.08. The Bertz CT molecular complexity index is 937. The smallest absolute Gasteiger partial charge is 0.306 e. The summed E-state index contributed by atoms with van der Waals surface area (Å²) in [6, 6.07) is 10.6. The lowest BCUT2D eigenvalue weighted by Gasteiger charge is -2.36. The Balaban J connectivity index is 1.98. The number of ether oxygens (including phenoxy) is 3. The first-order chi connectivity index (χ1) is 15.5. The molecule has 2 aromatic carbocycles. The minimum Gasteiger partial charge on any atom is -0.496 e. The summed E-state index contributed by atoms with van der Waals surface area (Å²) in [7, 11) is -0.225. The number of hydrogen-bond acceptors (Lipinski definition) is 5. The minimum absolute atomic E-state index is 0.137. The number of methoxy groups -OCH3 is 1. The summed E-state index contributed by atoms with van der Waals surface area (Å²) in [6.07, 6.45) is 0.441. The summed E-state index contributed by atoms with van der Waals surface area (Å²) in [5.74, 6) is 0.448. The van der Waals surface area contributed by atoms with Crippen LogP contribution in [-0.4, -0.2) is 28.0 Å². The van der Waals surface area contributed by atoms with E-state index < -0.39 is 14.1 Å². The fourth-order valence-corrected chi connectivity index (χ4v) is 3.88. The molecule has 0 aromatic heterocycles. The second kappa shape index (κ2) is 11.7. The van der Waals surface area contributed by atoms with Crippen LogP contribution in [0.3, 0.4) is 0 Å². The van der Waals surface area contributed by atoms with E-state index in [0.717, 1.165) is 16.9 Å². The molecule has 0 saturated carbocycles. The van der Waals surface area contributed by atoms with Gasteiger partial charge in [0.05, 0.1) is 20.3 Å². The Labute approximate surface area is 198 Å². The second-order valence-corrected chi connectivity index (χ2v) is 14.4. The molecule has 0 N–H and O–H groups in total. The fourth-order valence-electron chi connectivity index (χ4n) is 2.93. The number of carbonyl (C=O) groups is 1. The summed E-state index contributed by atoms with van der Waals surface area (Å²) in [5.41, 5.74) is 2.36. The molecular formula is C26H37FO5Si. The molecule has 0 fully saturated rings. The largest absolute Gasteiger partial charge is 0.496 e. The quantitative estimate of drug-likeness (QED) is 0.276. The third kappa shape index (κ3) is 7.86. The Hall–Kier alpha value is -2.38. The predicted octanol–water partition coefficient (Wildman–Crippen LogP) is 6.43. The number of halogens is 1. The van der Waals surface area contributed by atoms with E-state index in [9.17, 15) is 9.18 Å². The van der Waals surface area contributed by atoms with Gasteiger partial charge in [-0.1, -0.05) is 39.0 Å². The van der Waals surface area contributed by atoms with Crippen molar-refractivity contribution in [3.8, 4) is 11.5 Å². The lowest BCUT2D eigenvalue weighted by atomic mass is 10.1. The van der Waals surface area contributed by atoms with E-state index in [1.54, 1.807) is 26.2 Å². The van der Waals surface area contributed by atoms with Crippen LogP contribution in [0.4, 0.5) is 4.39 Å². The number of benzene rings is 2. The molecule has 0 bridgehead atoms. The van der Waals surface area contributed by atoms with Crippen LogP contribution in [0.1, 0.15) is 50.8 Å². The number of hydrogen-bond donors (Lipinski definition) is 0. The molecule has 0 aliphatic carbocycles. The van der Waals surface area contributed by atoms with Gasteiger partial charge < -0.3 is 18.6 Å². The molecule has 0 saturated heterocycles. The molecule has 0 heterocycles. The zero-order valence-corrected chi connectivity index (χ0v) is 21.9. The van der Waals surface area contributed by atoms with E-state index in [-0.39, 0.29) is 24.0 Å². The topological polar surface area (TPSA) is 54.0 Å². The van der Waals surface area contributed by atoms with Gasteiger partial charge in [-0.15, -0.1) is 0 Å². The Morgan fingerprint density at radius 2 is 1.73 bits per heavy atom. The van der Waals surface area contributed by atoms with Gasteiger partial charge >= 0.3 is 5.97 Å². The zero-order valence-electron chi connectivity index (χ0n) is 20.9. The van der Waals surface area contributed by atoms with Crippen LogP contribution < -0.4 is 9.47 Å². The van der Waals surface area contributed by atoms with Gasteiger partial charge in [0.1, 0.15) is 23.9 Å². The first-order valence-electron chi connectivity index (χ1n) is 11.3. The van der Waals surface area contributed by atoms with E-state index in [4.69, 9.17) is 18.6 Å². The molecule has 0 spiro atoms. The highest BCUT2D eigenvalue weighted by Crippen LogP contribution is 2.37. The van der Waals surface area contributed by atoms with Crippen LogP contribution in [-0.2, 0) is 33.6 Å². The molecule has 33 heavy (non-hydrogen) atoms. The molecular weight excluding hydrogens is 439 g/mol. The lowest BCUT2D eigenvalue weighted by Crippen LogP contribution is -2.40. The van der Waals surface area contributed by atoms with E-state index in [1.807, 2.05) is 18.2 Å². The predicted molar refractivity (Wildman–Crippen MR) is 131 cm³/mol. The summed E-state index contributed by atoms with van der Waals surface area (Å²) in [6.45, 7) is 13.9. The second-order valence-electron chi connectivity index (χ2n) is 9.54. The third-order valence-corrected chi connectivity index (χ3v) is 10.6. The van der Waals surface area contributed by atoms with Crippen LogP contribution >= 0.6 is 0 Å². The van der Waals surface area contributed by atoms with Gasteiger partial charge in [0, 0.05) is 18.1 Å². The van der Waals surface area contributed by atoms with Crippen molar-refractivity contribution in [2.24, 2.45) is 0 Å². The molecule has 2 rings (SSSR count). The van der Waals surface area contributed by atoms with Gasteiger partial charge in [-0.25, -0.2) is 4.39 Å². The fraction of sp³-hybridized carbons (Fsp3) is 0.500. The van der Waals surface area contributed by atoms with Gasteiger partial charge in [0.25, 0.3) is 0 Å². The monoisotopic (exact) mass is 476 g/mol. The van der Waals surface area contributed by atoms with E-state index in [2.05, 4.69) is 33.9 Å². The minimum atomic E-state index is -1.86. The van der Waals surface area contributed by atoms with E-state index in [1.165, 1.54) is 6.07 Å². The van der Waals surface area contributed by atoms with Crippen molar-refractivity contribution in [1.82, 2.24) is 0 Å². The standard InChI is InChI=1S/C26H37FO5Si/c1-8-30-25(28)14-12-20-11-13-22(16-23(20)27)31-17-19-9-10-21(24(15-19)29-5)18-32-33(6,7)26(2,3)4/h9-11,13,15-16H,8,12,14,17-18H2,1-7H3. The van der Waals surface area contributed by atoms with Gasteiger partial charge in [-0.2, -0.15) is 0 Å². The average Bonchev–Trinajstić information content (AvgIpc) is 2.75. The highest BCUT2D eigenvalue weighted by molar-refractivity contribution is 6.74. The molecule has 2 aromatic rings. The summed E-state index contributed by atoms with van der Waals surface area (Å²) in [4.78, 5) is 11.5. The molecule has 0 radical (unpaired) electrons. The van der Waals surface area contributed by atoms with Gasteiger partial charge in [0.2, 0.25) is 0 Å². The van der Waals surface area contributed by atoms with E-state index in [0.29, 0.717) is 30.9 Å². The normalized spacial score (nSPS) is 11.9. The number of carbonyl (C=O) groups excluding carboxylic acids is 1. The van der Waals surface area contributed by atoms with Crippen molar-refractivity contribution in [3.63, 3.8) is 0 Å². The SMILES string of the molecule is CCOC(=O)CCc1ccc(OCc2ccc(CO[Si](C)(C)C(C)(C)C)c(OC)c2)cc1F. The Kier molecular flexibility index (Phi) is 9.49. The Morgan fingerprint density at radius 1 is 1.03 bits per heavy atom. The van der Waals surface area contributed by atoms with Crippen molar-refractivity contribution in [3.05, 3.63) is 58.9 Å². The van der Waals surface area contributed by atoms with Gasteiger partial charge in [-0.05, 0) is 54.7 Å². The maximum Gasteiger partial charge on any atom is 0.306 e. The van der Waals surface area contributed by atoms with Gasteiger partial charge in [-0.3, -0.25) is 4.79 Å². The molecule has 182 valence electrons. The van der Waals surface area contributed by atoms with Crippen LogP contribution in [0.5, 0.6) is 11.5 Å². The summed E-state index contributed by atoms with van der Waals surface area (Å²) < 4.78 is 36.9. The molecule has 0 atom stereocenters. The molecule has 7 heteroatoms. The number of esters is 1. The highest BCUT2D eigenvalue weighted by Gasteiger charge is 2.37. The van der Waals surface area contributed by atoms with Crippen molar-refractivity contribution >= 4 is 14.3 Å². The lowest BCUT2D eigenvalue weighted by molar-refractivity contribution is -0.143. The van der Waals surface area contributed by atoms with Crippen LogP contribution in [0.15, 0.2) is 36.4 Å². The molecule has 0 unspecified atom stereocenters. The summed E-state index contributed by atoms with van der Waals surface area (Å²) in [5, 5.41) is 0.137. The van der Waals surface area contributed by atoms with Crippen molar-refractivity contribution in [2.45, 2.75) is 71.9 Å². The number of rotatable bonds is 11. The van der Waals surface area contributed by atoms with Crippen LogP contribution in [0.25, 0.3) is 0 Å². The first kappa shape index (κ1) is 26.9. The maximum atomic E-state index is 14.4. The highest BCUT2D eigenvalue weighted by atomic mass is 28.4. The van der Waals surface area contributed by atoms with Crippen molar-refractivity contribution in [1.29, 1.82) is 0 Å². The summed E-state index contributed by atoms with van der Waals surface area (Å²) >= 11 is 0. The average molecular weight is 477 g/mol. The molecule has 5 nitrogen and oxygen atoms in total. The zero-order chi connectivity index (χ0) is 24.6. The first-order valence-corrected chi connectivity index (χ1v) is 14.2. The van der Waals surface area contributed by atoms with Crippen LogP contribution in [0, 0.1) is 5.82 Å².